The fraction of sp³-hybridized carbons (Fsp3) is 0.529. The van der Waals surface area contributed by atoms with Gasteiger partial charge in [-0.05, 0) is 184 Å². The number of hydrogen-bond donors (Lipinski definition) is 2. The zero-order chi connectivity index (χ0) is 62.8. The van der Waals surface area contributed by atoms with E-state index in [-0.39, 0.29) is 24.4 Å². The molecule has 0 atom stereocenters. The van der Waals surface area contributed by atoms with Crippen LogP contribution in [0.1, 0.15) is 162 Å². The fourth-order valence-corrected chi connectivity index (χ4v) is 15.8. The van der Waals surface area contributed by atoms with Crippen molar-refractivity contribution in [2.45, 2.75) is 231 Å². The van der Waals surface area contributed by atoms with Gasteiger partial charge in [-0.3, -0.25) is 0 Å². The third-order valence-electron chi connectivity index (χ3n) is 19.1. The summed E-state index contributed by atoms with van der Waals surface area (Å²) in [5.74, 6) is 3.98. The van der Waals surface area contributed by atoms with Crippen molar-refractivity contribution in [2.24, 2.45) is 0 Å². The van der Waals surface area contributed by atoms with Crippen LogP contribution >= 0.6 is 0 Å². The molecule has 0 spiro atoms. The Morgan fingerprint density at radius 1 is 0.307 bits per heavy atom. The standard InChI is InChI=1S/C68H82N12O8/c1-61(2)29-41(30-62(3,4)77(61)81)85-37-17-21-45-49(25-37)57-69-53(45)74-58-51-27-39(87-43-33-65(9,10)79(83)66(11,12)34-43)19-23-47(51)55(71-58)76-60-52-28-40(88-44-35-67(13,14)80(84)68(15,16)36-44)20-24-48(52)56(72-60)75-59-50-26-38(18-22-46(50)54(70-59)73-57)86-42-31-63(5,6)78(82)64(7,8)32-42/h17-28,41-44H,29-36H2,1-16H3,(H2,69,70,71,72,73,74,75,76). The number of fused-ring (bicyclic) bond motifs is 20. The van der Waals surface area contributed by atoms with Gasteiger partial charge in [-0.2, -0.15) is 0 Å². The number of rotatable bonds is 8. The van der Waals surface area contributed by atoms with Gasteiger partial charge in [-0.15, -0.1) is 41.1 Å². The van der Waals surface area contributed by atoms with Crippen LogP contribution in [0.3, 0.4) is 0 Å². The molecule has 3 aromatic heterocycles. The van der Waals surface area contributed by atoms with E-state index in [0.29, 0.717) is 153 Å². The van der Waals surface area contributed by atoms with Gasteiger partial charge < -0.3 is 28.9 Å². The Hall–Kier alpha value is -6.88. The first-order chi connectivity index (χ1) is 41.0. The second-order valence-corrected chi connectivity index (χ2v) is 30.7. The zero-order valence-corrected chi connectivity index (χ0v) is 53.6. The van der Waals surface area contributed by atoms with Gasteiger partial charge in [0.15, 0.2) is 23.3 Å². The first kappa shape index (κ1) is 60.1. The first-order valence-electron chi connectivity index (χ1n) is 31.0. The summed E-state index contributed by atoms with van der Waals surface area (Å²) in [5, 5.41) is 61.5. The molecule has 20 heteroatoms. The summed E-state index contributed by atoms with van der Waals surface area (Å²) in [7, 11) is 0. The van der Waals surface area contributed by atoms with Crippen LogP contribution in [0.2, 0.25) is 0 Å². The van der Waals surface area contributed by atoms with Crippen LogP contribution in [-0.2, 0) is 20.8 Å². The zero-order valence-electron chi connectivity index (χ0n) is 53.6. The Labute approximate surface area is 514 Å². The topological polar surface area (TPSA) is 238 Å². The van der Waals surface area contributed by atoms with Crippen molar-refractivity contribution in [3.05, 3.63) is 72.8 Å². The van der Waals surface area contributed by atoms with E-state index in [9.17, 15) is 20.8 Å². The molecule has 88 heavy (non-hydrogen) atoms. The second-order valence-electron chi connectivity index (χ2n) is 30.7. The highest BCUT2D eigenvalue weighted by atomic mass is 16.5. The molecule has 0 aliphatic carbocycles. The van der Waals surface area contributed by atoms with Gasteiger partial charge in [0.25, 0.3) is 0 Å². The van der Waals surface area contributed by atoms with Crippen LogP contribution in [-0.4, -0.2) is 129 Å². The molecule has 6 aliphatic rings. The molecule has 8 bridgehead atoms. The van der Waals surface area contributed by atoms with Gasteiger partial charge in [-0.25, -0.2) is 29.9 Å². The van der Waals surface area contributed by atoms with E-state index in [1.807, 2.05) is 184 Å². The molecular formula is C68H82N12O8. The average Bonchev–Trinajstić information content (AvgIpc) is 1.48. The SMILES string of the molecule is CC1(C)CC(Oc2ccc3c(c2)-c2nc-3nc3[nH]c(nc4nc(nc5[nH]c(n2)c2ccc(OC6CC(C)(C)N([O])C(C)(C)C6)cc52)-c2ccc(OC5CC(C)(C)N([O])C(C)(C)C5)cc2-4)c2ccc(OC4CC(C)(C)N([O])C(C)(C)C4)cc32)CC(C)(C)N1[O]. The third kappa shape index (κ3) is 10.6. The predicted octanol–water partition coefficient (Wildman–Crippen LogP) is 13.9. The molecule has 4 aromatic carbocycles. The summed E-state index contributed by atoms with van der Waals surface area (Å²) < 4.78 is 27.3. The maximum atomic E-state index is 13.4. The molecule has 6 aliphatic heterocycles. The van der Waals surface area contributed by atoms with Gasteiger partial charge >= 0.3 is 0 Å². The Morgan fingerprint density at radius 2 is 0.534 bits per heavy atom. The average molecular weight is 1200 g/mol. The van der Waals surface area contributed by atoms with Gasteiger partial charge in [0, 0.05) is 139 Å². The Morgan fingerprint density at radius 3 is 0.807 bits per heavy atom. The molecule has 20 nitrogen and oxygen atoms in total. The molecule has 0 amide bonds. The number of aromatic nitrogens is 8. The number of nitrogens with zero attached hydrogens (tertiary/aromatic N) is 10. The molecule has 462 valence electrons. The maximum Gasteiger partial charge on any atom is 0.164 e. The molecular weight excluding hydrogens is 1110 g/mol. The third-order valence-corrected chi connectivity index (χ3v) is 19.1. The Kier molecular flexibility index (Phi) is 13.9. The maximum absolute atomic E-state index is 13.4. The van der Waals surface area contributed by atoms with E-state index in [4.69, 9.17) is 48.9 Å². The molecule has 7 aromatic rings. The number of hydrogen-bond acceptors (Lipinski definition) is 14. The van der Waals surface area contributed by atoms with Crippen LogP contribution in [0.15, 0.2) is 72.8 Å². The van der Waals surface area contributed by atoms with E-state index in [1.54, 1.807) is 0 Å². The molecule has 2 N–H and O–H groups in total. The van der Waals surface area contributed by atoms with E-state index < -0.39 is 44.3 Å². The summed E-state index contributed by atoms with van der Waals surface area (Å²) in [6.45, 7) is 31.4. The van der Waals surface area contributed by atoms with E-state index in [1.165, 1.54) is 20.3 Å². The van der Waals surface area contributed by atoms with Crippen LogP contribution in [0.25, 0.3) is 89.7 Å². The molecule has 4 fully saturated rings. The van der Waals surface area contributed by atoms with Gasteiger partial charge in [0.2, 0.25) is 0 Å². The Balaban J connectivity index is 1.02. The highest BCUT2D eigenvalue weighted by Crippen LogP contribution is 2.46. The van der Waals surface area contributed by atoms with Crippen molar-refractivity contribution in [3.8, 4) is 68.5 Å². The van der Waals surface area contributed by atoms with Crippen molar-refractivity contribution in [1.29, 1.82) is 0 Å². The molecule has 4 saturated heterocycles. The minimum atomic E-state index is -0.650. The molecule has 4 radical (unpaired) electrons. The highest BCUT2D eigenvalue weighted by molar-refractivity contribution is 6.07. The summed E-state index contributed by atoms with van der Waals surface area (Å²) in [5.41, 5.74) is -0.498. The minimum Gasteiger partial charge on any atom is -0.490 e. The van der Waals surface area contributed by atoms with E-state index in [0.717, 1.165) is 10.8 Å². The molecule has 9 heterocycles. The number of benzene rings is 4. The number of hydroxylamine groups is 8. The van der Waals surface area contributed by atoms with Crippen molar-refractivity contribution in [2.75, 3.05) is 0 Å². The normalized spacial score (nSPS) is 22.8. The van der Waals surface area contributed by atoms with Gasteiger partial charge in [0.1, 0.15) is 70.0 Å². The van der Waals surface area contributed by atoms with E-state index in [2.05, 4.69) is 9.97 Å². The lowest BCUT2D eigenvalue weighted by atomic mass is 9.80. The summed E-state index contributed by atoms with van der Waals surface area (Å²) in [6.07, 6.45) is 3.29. The van der Waals surface area contributed by atoms with Crippen LogP contribution in [0.5, 0.6) is 23.0 Å². The highest BCUT2D eigenvalue weighted by Gasteiger charge is 2.51. The lowest BCUT2D eigenvalue weighted by Gasteiger charge is -2.49. The molecule has 0 unspecified atom stereocenters. The lowest BCUT2D eigenvalue weighted by molar-refractivity contribution is -0.296. The predicted molar refractivity (Wildman–Crippen MR) is 333 cm³/mol. The lowest BCUT2D eigenvalue weighted by Crippen LogP contribution is -2.60. The van der Waals surface area contributed by atoms with Gasteiger partial charge in [-0.1, -0.05) is 0 Å². The number of H-pyrrole nitrogens is 2. The largest absolute Gasteiger partial charge is 0.490 e. The van der Waals surface area contributed by atoms with Crippen molar-refractivity contribution in [3.63, 3.8) is 0 Å². The van der Waals surface area contributed by atoms with Crippen LogP contribution in [0, 0.1) is 0 Å². The van der Waals surface area contributed by atoms with Crippen LogP contribution in [0.4, 0.5) is 0 Å². The van der Waals surface area contributed by atoms with Crippen LogP contribution < -0.4 is 18.9 Å². The van der Waals surface area contributed by atoms with Crippen molar-refractivity contribution >= 4 is 44.1 Å². The Bertz CT molecular complexity index is 3790. The summed E-state index contributed by atoms with van der Waals surface area (Å²) >= 11 is 0. The van der Waals surface area contributed by atoms with Crippen molar-refractivity contribution < 1.29 is 39.8 Å². The smallest absolute Gasteiger partial charge is 0.164 e. The second kappa shape index (κ2) is 20.3. The number of aromatic amines is 2. The van der Waals surface area contributed by atoms with Gasteiger partial charge in [0.05, 0.1) is 0 Å². The summed E-state index contributed by atoms with van der Waals surface area (Å²) in [6, 6.07) is 23.4. The fourth-order valence-electron chi connectivity index (χ4n) is 15.8. The molecule has 0 saturated carbocycles. The van der Waals surface area contributed by atoms with E-state index >= 15 is 0 Å². The van der Waals surface area contributed by atoms with Crippen molar-refractivity contribution in [1.82, 2.24) is 60.1 Å². The number of piperidine rings is 4. The minimum absolute atomic E-state index is 0.244. The number of ether oxygens (including phenoxy) is 4. The monoisotopic (exact) mass is 1190 g/mol. The summed E-state index contributed by atoms with van der Waals surface area (Å²) in [4.78, 5) is 39.2. The quantitative estimate of drug-likeness (QED) is 0.144. The molecule has 13 rings (SSSR count). The number of nitrogens with one attached hydrogen (secondary N) is 2. The first-order valence-corrected chi connectivity index (χ1v) is 31.0.